The van der Waals surface area contributed by atoms with Gasteiger partial charge in [0.25, 0.3) is 0 Å². The summed E-state index contributed by atoms with van der Waals surface area (Å²) in [5.41, 5.74) is 3.33. The molecule has 4 nitrogen and oxygen atoms in total. The summed E-state index contributed by atoms with van der Waals surface area (Å²) in [7, 11) is 1.67. The minimum Gasteiger partial charge on any atom is -0.496 e. The number of rotatable bonds is 3. The number of hydrogen-bond acceptors (Lipinski definition) is 3. The second-order valence-electron chi connectivity index (χ2n) is 4.92. The van der Waals surface area contributed by atoms with Gasteiger partial charge in [0.1, 0.15) is 5.75 Å². The van der Waals surface area contributed by atoms with Crippen LogP contribution >= 0.6 is 0 Å². The lowest BCUT2D eigenvalue weighted by molar-refractivity contribution is -0.141. The molecule has 2 atom stereocenters. The maximum Gasteiger partial charge on any atom is 0.307 e. The zero-order valence-corrected chi connectivity index (χ0v) is 11.0. The molecule has 18 heavy (non-hydrogen) atoms. The van der Waals surface area contributed by atoms with E-state index in [4.69, 9.17) is 9.84 Å². The minimum atomic E-state index is -0.716. The van der Waals surface area contributed by atoms with Crippen molar-refractivity contribution in [2.75, 3.05) is 13.7 Å². The topological polar surface area (TPSA) is 58.6 Å². The molecule has 0 aromatic heterocycles. The van der Waals surface area contributed by atoms with E-state index < -0.39 is 5.97 Å². The second-order valence-corrected chi connectivity index (χ2v) is 4.92. The van der Waals surface area contributed by atoms with Crippen LogP contribution in [0.5, 0.6) is 5.75 Å². The standard InChI is InChI=1S/C14H19NO3/c1-8-4-10(5-9(2)13(8)18-3)12-6-11(7-15-12)14(16)17/h4-5,11-12,15H,6-7H2,1-3H3,(H,16,17). The summed E-state index contributed by atoms with van der Waals surface area (Å²) in [4.78, 5) is 11.0. The molecule has 1 aliphatic rings. The first kappa shape index (κ1) is 12.9. The highest BCUT2D eigenvalue weighted by Gasteiger charge is 2.30. The lowest BCUT2D eigenvalue weighted by Gasteiger charge is -2.15. The van der Waals surface area contributed by atoms with Crippen LogP contribution in [-0.4, -0.2) is 24.7 Å². The van der Waals surface area contributed by atoms with Gasteiger partial charge in [-0.1, -0.05) is 12.1 Å². The molecule has 98 valence electrons. The molecular formula is C14H19NO3. The van der Waals surface area contributed by atoms with Gasteiger partial charge in [-0.15, -0.1) is 0 Å². The van der Waals surface area contributed by atoms with Gasteiger partial charge in [-0.2, -0.15) is 0 Å². The summed E-state index contributed by atoms with van der Waals surface area (Å²) in [5, 5.41) is 12.3. The van der Waals surface area contributed by atoms with E-state index in [2.05, 4.69) is 17.4 Å². The minimum absolute atomic E-state index is 0.134. The number of carbonyl (C=O) groups is 1. The first-order chi connectivity index (χ1) is 8.52. The Morgan fingerprint density at radius 1 is 1.39 bits per heavy atom. The molecular weight excluding hydrogens is 230 g/mol. The van der Waals surface area contributed by atoms with Gasteiger partial charge in [0.05, 0.1) is 13.0 Å². The molecule has 1 aliphatic heterocycles. The first-order valence-corrected chi connectivity index (χ1v) is 6.14. The molecule has 1 saturated heterocycles. The Kier molecular flexibility index (Phi) is 3.57. The van der Waals surface area contributed by atoms with Crippen molar-refractivity contribution in [3.8, 4) is 5.75 Å². The number of ether oxygens (including phenoxy) is 1. The number of aryl methyl sites for hydroxylation is 2. The first-order valence-electron chi connectivity index (χ1n) is 6.14. The van der Waals surface area contributed by atoms with E-state index in [9.17, 15) is 4.79 Å². The van der Waals surface area contributed by atoms with Crippen molar-refractivity contribution >= 4 is 5.97 Å². The smallest absolute Gasteiger partial charge is 0.307 e. The van der Waals surface area contributed by atoms with Gasteiger partial charge in [0.2, 0.25) is 0 Å². The van der Waals surface area contributed by atoms with Crippen LogP contribution in [0.3, 0.4) is 0 Å². The number of benzene rings is 1. The Balaban J connectivity index is 2.23. The monoisotopic (exact) mass is 249 g/mol. The average molecular weight is 249 g/mol. The molecule has 0 radical (unpaired) electrons. The van der Waals surface area contributed by atoms with E-state index in [1.807, 2.05) is 13.8 Å². The van der Waals surface area contributed by atoms with Gasteiger partial charge in [0, 0.05) is 12.6 Å². The predicted octanol–water partition coefficient (Wildman–Crippen LogP) is 2.05. The molecule has 0 amide bonds. The molecule has 2 rings (SSSR count). The number of hydrogen-bond donors (Lipinski definition) is 2. The predicted molar refractivity (Wildman–Crippen MR) is 69.0 cm³/mol. The van der Waals surface area contributed by atoms with Gasteiger partial charge >= 0.3 is 5.97 Å². The third-order valence-electron chi connectivity index (χ3n) is 3.57. The lowest BCUT2D eigenvalue weighted by atomic mass is 9.96. The molecule has 1 aromatic rings. The fourth-order valence-electron chi connectivity index (χ4n) is 2.68. The summed E-state index contributed by atoms with van der Waals surface area (Å²) >= 11 is 0. The Morgan fingerprint density at radius 2 is 2.00 bits per heavy atom. The highest BCUT2D eigenvalue weighted by Crippen LogP contribution is 2.32. The van der Waals surface area contributed by atoms with Crippen LogP contribution in [0.15, 0.2) is 12.1 Å². The number of carboxylic acid groups (broad SMARTS) is 1. The van der Waals surface area contributed by atoms with Crippen LogP contribution in [0.2, 0.25) is 0 Å². The molecule has 4 heteroatoms. The van der Waals surface area contributed by atoms with E-state index >= 15 is 0 Å². The number of carboxylic acids is 1. The van der Waals surface area contributed by atoms with Gasteiger partial charge in [0.15, 0.2) is 0 Å². The largest absolute Gasteiger partial charge is 0.496 e. The van der Waals surface area contributed by atoms with Crippen molar-refractivity contribution in [3.05, 3.63) is 28.8 Å². The third-order valence-corrected chi connectivity index (χ3v) is 3.57. The maximum atomic E-state index is 11.0. The van der Waals surface area contributed by atoms with Gasteiger partial charge in [-0.25, -0.2) is 0 Å². The maximum absolute atomic E-state index is 11.0. The summed E-state index contributed by atoms with van der Waals surface area (Å²) in [5.74, 6) is -0.0869. The van der Waals surface area contributed by atoms with E-state index in [1.54, 1.807) is 7.11 Å². The van der Waals surface area contributed by atoms with Gasteiger partial charge in [-0.05, 0) is 37.0 Å². The zero-order valence-electron chi connectivity index (χ0n) is 11.0. The van der Waals surface area contributed by atoms with Gasteiger partial charge < -0.3 is 15.2 Å². The highest BCUT2D eigenvalue weighted by molar-refractivity contribution is 5.70. The normalized spacial score (nSPS) is 23.1. The quantitative estimate of drug-likeness (QED) is 0.860. The molecule has 0 bridgehead atoms. The molecule has 1 fully saturated rings. The van der Waals surface area contributed by atoms with Crippen molar-refractivity contribution < 1.29 is 14.6 Å². The van der Waals surface area contributed by atoms with Crippen molar-refractivity contribution in [3.63, 3.8) is 0 Å². The zero-order chi connectivity index (χ0) is 13.3. The molecule has 0 spiro atoms. The molecule has 0 saturated carbocycles. The summed E-state index contributed by atoms with van der Waals surface area (Å²) in [6.45, 7) is 4.57. The molecule has 2 unspecified atom stereocenters. The molecule has 1 heterocycles. The summed E-state index contributed by atoms with van der Waals surface area (Å²) in [6.07, 6.45) is 0.653. The Hall–Kier alpha value is -1.55. The molecule has 2 N–H and O–H groups in total. The van der Waals surface area contributed by atoms with E-state index in [-0.39, 0.29) is 12.0 Å². The summed E-state index contributed by atoms with van der Waals surface area (Å²) < 4.78 is 5.34. The molecule has 1 aromatic carbocycles. The van der Waals surface area contributed by atoms with Crippen LogP contribution in [0.4, 0.5) is 0 Å². The van der Waals surface area contributed by atoms with E-state index in [0.717, 1.165) is 22.4 Å². The third kappa shape index (κ3) is 2.34. The van der Waals surface area contributed by atoms with Crippen molar-refractivity contribution in [1.29, 1.82) is 0 Å². The van der Waals surface area contributed by atoms with Crippen molar-refractivity contribution in [1.82, 2.24) is 5.32 Å². The lowest BCUT2D eigenvalue weighted by Crippen LogP contribution is -2.17. The van der Waals surface area contributed by atoms with Crippen molar-refractivity contribution in [2.24, 2.45) is 5.92 Å². The fraction of sp³-hybridized carbons (Fsp3) is 0.500. The summed E-state index contributed by atoms with van der Waals surface area (Å²) in [6, 6.07) is 4.29. The van der Waals surface area contributed by atoms with Crippen LogP contribution in [0, 0.1) is 19.8 Å². The number of aliphatic carboxylic acids is 1. The second kappa shape index (κ2) is 4.98. The number of nitrogens with one attached hydrogen (secondary N) is 1. The van der Waals surface area contributed by atoms with Crippen LogP contribution in [0.25, 0.3) is 0 Å². The van der Waals surface area contributed by atoms with E-state index in [0.29, 0.717) is 13.0 Å². The van der Waals surface area contributed by atoms with Crippen molar-refractivity contribution in [2.45, 2.75) is 26.3 Å². The van der Waals surface area contributed by atoms with E-state index in [1.165, 1.54) is 0 Å². The Morgan fingerprint density at radius 3 is 2.44 bits per heavy atom. The highest BCUT2D eigenvalue weighted by atomic mass is 16.5. The number of methoxy groups -OCH3 is 1. The van der Waals surface area contributed by atoms with Crippen LogP contribution in [-0.2, 0) is 4.79 Å². The molecule has 0 aliphatic carbocycles. The SMILES string of the molecule is COc1c(C)cc(C2CC(C(=O)O)CN2)cc1C. The van der Waals surface area contributed by atoms with Crippen LogP contribution in [0.1, 0.15) is 29.2 Å². The Bertz CT molecular complexity index is 447. The van der Waals surface area contributed by atoms with Gasteiger partial charge in [-0.3, -0.25) is 4.79 Å². The Labute approximate surface area is 107 Å². The van der Waals surface area contributed by atoms with Crippen LogP contribution < -0.4 is 10.1 Å². The fourth-order valence-corrected chi connectivity index (χ4v) is 2.68. The average Bonchev–Trinajstić information content (AvgIpc) is 2.77.